The highest BCUT2D eigenvalue weighted by molar-refractivity contribution is 6.31. The zero-order valence-corrected chi connectivity index (χ0v) is 13.4. The van der Waals surface area contributed by atoms with Crippen LogP contribution in [0.5, 0.6) is 0 Å². The molecule has 0 fully saturated rings. The first-order chi connectivity index (χ1) is 9.51. The normalized spacial score (nSPS) is 12.4. The smallest absolute Gasteiger partial charge is 0.0459 e. The summed E-state index contributed by atoms with van der Waals surface area (Å²) in [4.78, 5) is 0. The van der Waals surface area contributed by atoms with Gasteiger partial charge in [0.25, 0.3) is 0 Å². The van der Waals surface area contributed by atoms with Crippen molar-refractivity contribution in [3.63, 3.8) is 0 Å². The van der Waals surface area contributed by atoms with Crippen molar-refractivity contribution >= 4 is 11.6 Å². The molecule has 0 saturated heterocycles. The van der Waals surface area contributed by atoms with Gasteiger partial charge in [0.05, 0.1) is 0 Å². The fourth-order valence-corrected chi connectivity index (χ4v) is 2.96. The van der Waals surface area contributed by atoms with Crippen molar-refractivity contribution in [1.29, 1.82) is 0 Å². The number of hydrogen-bond acceptors (Lipinski definition) is 1. The molecule has 106 valence electrons. The highest BCUT2D eigenvalue weighted by atomic mass is 35.5. The SMILES string of the molecule is CCNC(C)c1ccc(-c2cc(C)cc(C)c2)cc1Cl. The third-order valence-corrected chi connectivity index (χ3v) is 3.86. The van der Waals surface area contributed by atoms with Gasteiger partial charge in [-0.15, -0.1) is 0 Å². The molecule has 0 heterocycles. The van der Waals surface area contributed by atoms with E-state index in [9.17, 15) is 0 Å². The fourth-order valence-electron chi connectivity index (χ4n) is 2.62. The molecule has 1 nitrogen and oxygen atoms in total. The van der Waals surface area contributed by atoms with E-state index in [1.54, 1.807) is 0 Å². The molecule has 0 saturated carbocycles. The lowest BCUT2D eigenvalue weighted by Crippen LogP contribution is -2.17. The Balaban J connectivity index is 2.37. The third kappa shape index (κ3) is 3.41. The molecule has 20 heavy (non-hydrogen) atoms. The van der Waals surface area contributed by atoms with Gasteiger partial charge < -0.3 is 5.32 Å². The predicted molar refractivity (Wildman–Crippen MR) is 88.5 cm³/mol. The lowest BCUT2D eigenvalue weighted by molar-refractivity contribution is 0.598. The minimum absolute atomic E-state index is 0.279. The molecule has 0 bridgehead atoms. The van der Waals surface area contributed by atoms with E-state index in [0.717, 1.165) is 17.1 Å². The lowest BCUT2D eigenvalue weighted by atomic mass is 9.98. The molecular formula is C18H22ClN. The summed E-state index contributed by atoms with van der Waals surface area (Å²) in [6.45, 7) is 9.44. The van der Waals surface area contributed by atoms with Gasteiger partial charge in [-0.2, -0.15) is 0 Å². The van der Waals surface area contributed by atoms with Crippen molar-refractivity contribution in [3.05, 3.63) is 58.1 Å². The first-order valence-corrected chi connectivity index (χ1v) is 7.50. The average Bonchev–Trinajstić information content (AvgIpc) is 2.37. The van der Waals surface area contributed by atoms with Crippen LogP contribution in [-0.4, -0.2) is 6.54 Å². The van der Waals surface area contributed by atoms with Crippen molar-refractivity contribution < 1.29 is 0 Å². The Morgan fingerprint density at radius 3 is 2.20 bits per heavy atom. The maximum Gasteiger partial charge on any atom is 0.0459 e. The second kappa shape index (κ2) is 6.43. The van der Waals surface area contributed by atoms with E-state index in [1.807, 2.05) is 0 Å². The van der Waals surface area contributed by atoms with E-state index in [2.05, 4.69) is 69.4 Å². The molecule has 1 unspecified atom stereocenters. The first-order valence-electron chi connectivity index (χ1n) is 7.12. The number of nitrogens with one attached hydrogen (secondary N) is 1. The molecule has 0 amide bonds. The molecular weight excluding hydrogens is 266 g/mol. The molecule has 2 rings (SSSR count). The molecule has 2 aromatic carbocycles. The number of halogens is 1. The van der Waals surface area contributed by atoms with Gasteiger partial charge in [0.2, 0.25) is 0 Å². The molecule has 2 heteroatoms. The van der Waals surface area contributed by atoms with Gasteiger partial charge >= 0.3 is 0 Å². The number of aryl methyl sites for hydroxylation is 2. The molecule has 1 atom stereocenters. The van der Waals surface area contributed by atoms with E-state index >= 15 is 0 Å². The van der Waals surface area contributed by atoms with E-state index < -0.39 is 0 Å². The summed E-state index contributed by atoms with van der Waals surface area (Å²) in [5.74, 6) is 0. The van der Waals surface area contributed by atoms with E-state index in [1.165, 1.54) is 22.3 Å². The molecule has 0 aliphatic rings. The minimum atomic E-state index is 0.279. The Labute approximate surface area is 127 Å². The highest BCUT2D eigenvalue weighted by Gasteiger charge is 2.10. The molecule has 0 aliphatic heterocycles. The van der Waals surface area contributed by atoms with Gasteiger partial charge in [-0.25, -0.2) is 0 Å². The summed E-state index contributed by atoms with van der Waals surface area (Å²) >= 11 is 6.45. The van der Waals surface area contributed by atoms with Crippen LogP contribution < -0.4 is 5.32 Å². The Morgan fingerprint density at radius 1 is 1.00 bits per heavy atom. The highest BCUT2D eigenvalue weighted by Crippen LogP contribution is 2.30. The van der Waals surface area contributed by atoms with Crippen LogP contribution in [0.25, 0.3) is 11.1 Å². The van der Waals surface area contributed by atoms with Crippen molar-refractivity contribution in [3.8, 4) is 11.1 Å². The van der Waals surface area contributed by atoms with Crippen LogP contribution in [0, 0.1) is 13.8 Å². The Bertz CT molecular complexity index is 584. The fraction of sp³-hybridized carbons (Fsp3) is 0.333. The summed E-state index contributed by atoms with van der Waals surface area (Å²) in [5.41, 5.74) is 6.12. The summed E-state index contributed by atoms with van der Waals surface area (Å²) < 4.78 is 0. The van der Waals surface area contributed by atoms with Gasteiger partial charge in [-0.05, 0) is 50.1 Å². The van der Waals surface area contributed by atoms with Crippen LogP contribution in [0.4, 0.5) is 0 Å². The molecule has 2 aromatic rings. The van der Waals surface area contributed by atoms with Crippen LogP contribution in [0.3, 0.4) is 0 Å². The van der Waals surface area contributed by atoms with Crippen LogP contribution in [0.15, 0.2) is 36.4 Å². The topological polar surface area (TPSA) is 12.0 Å². The third-order valence-electron chi connectivity index (χ3n) is 3.53. The van der Waals surface area contributed by atoms with Crippen LogP contribution >= 0.6 is 11.6 Å². The van der Waals surface area contributed by atoms with Crippen molar-refractivity contribution in [1.82, 2.24) is 5.32 Å². The summed E-state index contributed by atoms with van der Waals surface area (Å²) in [7, 11) is 0. The molecule has 0 radical (unpaired) electrons. The number of rotatable bonds is 4. The van der Waals surface area contributed by atoms with Crippen molar-refractivity contribution in [2.45, 2.75) is 33.7 Å². The Hall–Kier alpha value is -1.31. The standard InChI is InChI=1S/C18H22ClN/c1-5-20-14(4)17-7-6-15(11-18(17)19)16-9-12(2)8-13(3)10-16/h6-11,14,20H,5H2,1-4H3. The maximum atomic E-state index is 6.45. The Kier molecular flexibility index (Phi) is 4.85. The zero-order valence-electron chi connectivity index (χ0n) is 12.6. The minimum Gasteiger partial charge on any atom is -0.310 e. The monoisotopic (exact) mass is 287 g/mol. The Morgan fingerprint density at radius 2 is 1.65 bits per heavy atom. The summed E-state index contributed by atoms with van der Waals surface area (Å²) in [6.07, 6.45) is 0. The number of benzene rings is 2. The second-order valence-electron chi connectivity index (χ2n) is 5.39. The largest absolute Gasteiger partial charge is 0.310 e. The molecule has 0 aromatic heterocycles. The first kappa shape index (κ1) is 15.1. The van der Waals surface area contributed by atoms with E-state index in [4.69, 9.17) is 11.6 Å². The molecule has 0 spiro atoms. The lowest BCUT2D eigenvalue weighted by Gasteiger charge is -2.15. The summed E-state index contributed by atoms with van der Waals surface area (Å²) in [5, 5.41) is 4.22. The molecule has 0 aliphatic carbocycles. The van der Waals surface area contributed by atoms with E-state index in [-0.39, 0.29) is 6.04 Å². The van der Waals surface area contributed by atoms with Gasteiger partial charge in [0, 0.05) is 11.1 Å². The van der Waals surface area contributed by atoms with Crippen molar-refractivity contribution in [2.75, 3.05) is 6.54 Å². The van der Waals surface area contributed by atoms with Crippen LogP contribution in [0.2, 0.25) is 5.02 Å². The van der Waals surface area contributed by atoms with Gasteiger partial charge in [0.1, 0.15) is 0 Å². The van der Waals surface area contributed by atoms with Crippen molar-refractivity contribution in [2.24, 2.45) is 0 Å². The zero-order chi connectivity index (χ0) is 14.7. The van der Waals surface area contributed by atoms with E-state index in [0.29, 0.717) is 0 Å². The van der Waals surface area contributed by atoms with Crippen LogP contribution in [0.1, 0.15) is 36.6 Å². The second-order valence-corrected chi connectivity index (χ2v) is 5.80. The molecule has 1 N–H and O–H groups in total. The quantitative estimate of drug-likeness (QED) is 0.805. The maximum absolute atomic E-state index is 6.45. The average molecular weight is 288 g/mol. The van der Waals surface area contributed by atoms with Gasteiger partial charge in [-0.1, -0.05) is 60.0 Å². The van der Waals surface area contributed by atoms with Crippen LogP contribution in [-0.2, 0) is 0 Å². The van der Waals surface area contributed by atoms with Gasteiger partial charge in [-0.3, -0.25) is 0 Å². The summed E-state index contributed by atoms with van der Waals surface area (Å²) in [6, 6.07) is 13.2. The van der Waals surface area contributed by atoms with Gasteiger partial charge in [0.15, 0.2) is 0 Å². The number of hydrogen-bond donors (Lipinski definition) is 1. The predicted octanol–water partition coefficient (Wildman–Crippen LogP) is 5.29.